The van der Waals surface area contributed by atoms with Crippen LogP contribution in [0.2, 0.25) is 0 Å². The Hall–Kier alpha value is -2.50. The second-order valence-corrected chi connectivity index (χ2v) is 5.39. The number of aryl methyl sites for hydroxylation is 1. The number of urea groups is 1. The van der Waals surface area contributed by atoms with Gasteiger partial charge in [-0.15, -0.1) is 0 Å². The van der Waals surface area contributed by atoms with Crippen molar-refractivity contribution < 1.29 is 9.18 Å². The zero-order valence-electron chi connectivity index (χ0n) is 12.5. The first-order chi connectivity index (χ1) is 10.6. The number of rotatable bonds is 1. The van der Waals surface area contributed by atoms with E-state index in [9.17, 15) is 9.18 Å². The molecule has 1 aliphatic heterocycles. The molecule has 2 heterocycles. The molecular formula is C16H17FN4O. The number of fused-ring (bicyclic) bond motifs is 1. The third-order valence-electron chi connectivity index (χ3n) is 4.06. The Labute approximate surface area is 128 Å². The lowest BCUT2D eigenvalue weighted by Crippen LogP contribution is -2.42. The summed E-state index contributed by atoms with van der Waals surface area (Å²) in [5.74, 6) is -0.260. The summed E-state index contributed by atoms with van der Waals surface area (Å²) in [6, 6.07) is 6.21. The predicted octanol–water partition coefficient (Wildman–Crippen LogP) is 3.08. The van der Waals surface area contributed by atoms with Crippen molar-refractivity contribution in [2.24, 2.45) is 0 Å². The molecule has 0 saturated heterocycles. The van der Waals surface area contributed by atoms with Crippen molar-refractivity contribution in [3.63, 3.8) is 0 Å². The Morgan fingerprint density at radius 2 is 2.23 bits per heavy atom. The van der Waals surface area contributed by atoms with Crippen LogP contribution in [0.3, 0.4) is 0 Å². The molecule has 1 aromatic heterocycles. The van der Waals surface area contributed by atoms with Gasteiger partial charge in [-0.3, -0.25) is 0 Å². The van der Waals surface area contributed by atoms with Gasteiger partial charge >= 0.3 is 6.03 Å². The average Bonchev–Trinajstić information content (AvgIpc) is 2.50. The normalized spacial score (nSPS) is 17.0. The summed E-state index contributed by atoms with van der Waals surface area (Å²) >= 11 is 0. The van der Waals surface area contributed by atoms with Crippen LogP contribution in [-0.2, 0) is 6.42 Å². The third kappa shape index (κ3) is 2.52. The summed E-state index contributed by atoms with van der Waals surface area (Å²) in [6.45, 7) is 4.18. The summed E-state index contributed by atoms with van der Waals surface area (Å²) < 4.78 is 14.1. The van der Waals surface area contributed by atoms with Crippen molar-refractivity contribution in [3.05, 3.63) is 53.1 Å². The highest BCUT2D eigenvalue weighted by Gasteiger charge is 2.30. The number of halogens is 1. The number of nitrogens with one attached hydrogen (secondary N) is 1. The first kappa shape index (κ1) is 14.4. The van der Waals surface area contributed by atoms with Gasteiger partial charge in [0.05, 0.1) is 23.6 Å². The minimum absolute atomic E-state index is 0.252. The maximum Gasteiger partial charge on any atom is 0.322 e. The highest BCUT2D eigenvalue weighted by molar-refractivity contribution is 5.90. The van der Waals surface area contributed by atoms with E-state index in [1.165, 1.54) is 12.3 Å². The van der Waals surface area contributed by atoms with E-state index in [1.807, 2.05) is 13.0 Å². The van der Waals surface area contributed by atoms with E-state index in [-0.39, 0.29) is 17.9 Å². The first-order valence-electron chi connectivity index (χ1n) is 7.21. The van der Waals surface area contributed by atoms with Crippen molar-refractivity contribution in [1.29, 1.82) is 0 Å². The van der Waals surface area contributed by atoms with Gasteiger partial charge in [0.2, 0.25) is 0 Å². The molecule has 0 fully saturated rings. The second kappa shape index (κ2) is 5.71. The minimum atomic E-state index is -0.306. The molecule has 2 aromatic rings. The molecule has 114 valence electrons. The lowest BCUT2D eigenvalue weighted by Gasteiger charge is -2.35. The van der Waals surface area contributed by atoms with Crippen molar-refractivity contribution in [2.45, 2.75) is 26.3 Å². The molecule has 0 radical (unpaired) electrons. The van der Waals surface area contributed by atoms with Crippen molar-refractivity contribution in [1.82, 2.24) is 15.1 Å². The molecule has 1 unspecified atom stereocenters. The van der Waals surface area contributed by atoms with E-state index in [0.29, 0.717) is 29.9 Å². The molecule has 1 aliphatic rings. The summed E-state index contributed by atoms with van der Waals surface area (Å²) in [5.41, 5.74) is 2.84. The van der Waals surface area contributed by atoms with Gasteiger partial charge in [0.25, 0.3) is 0 Å². The standard InChI is InChI=1S/C16H17FN4O/c1-10-14(6-8-18-20-10)19-16(22)21-9-7-12-4-3-5-13(17)15(12)11(21)2/h3-6,8,11H,7,9H2,1-2H3,(H,18,19,22). The van der Waals surface area contributed by atoms with Gasteiger partial charge < -0.3 is 10.2 Å². The van der Waals surface area contributed by atoms with Crippen LogP contribution in [0.4, 0.5) is 14.9 Å². The maximum atomic E-state index is 14.1. The predicted molar refractivity (Wildman–Crippen MR) is 81.0 cm³/mol. The Balaban J connectivity index is 1.83. The van der Waals surface area contributed by atoms with E-state index >= 15 is 0 Å². The Morgan fingerprint density at radius 3 is 3.00 bits per heavy atom. The lowest BCUT2D eigenvalue weighted by molar-refractivity contribution is 0.186. The summed E-state index contributed by atoms with van der Waals surface area (Å²) in [4.78, 5) is 14.1. The number of carbonyl (C=O) groups is 1. The Bertz CT molecular complexity index is 719. The summed E-state index contributed by atoms with van der Waals surface area (Å²) in [6.07, 6.45) is 2.18. The van der Waals surface area contributed by atoms with Crippen LogP contribution < -0.4 is 5.32 Å². The van der Waals surface area contributed by atoms with Crippen LogP contribution in [0, 0.1) is 12.7 Å². The number of nitrogens with zero attached hydrogens (tertiary/aromatic N) is 3. The SMILES string of the molecule is Cc1nnccc1NC(=O)N1CCc2cccc(F)c2C1C. The van der Waals surface area contributed by atoms with E-state index in [1.54, 1.807) is 24.0 Å². The molecule has 1 N–H and O–H groups in total. The number of carbonyl (C=O) groups excluding carboxylic acids is 1. The van der Waals surface area contributed by atoms with E-state index in [0.717, 1.165) is 5.56 Å². The molecule has 0 aliphatic carbocycles. The highest BCUT2D eigenvalue weighted by Crippen LogP contribution is 2.31. The Morgan fingerprint density at radius 1 is 1.41 bits per heavy atom. The van der Waals surface area contributed by atoms with Gasteiger partial charge in [0.1, 0.15) is 5.82 Å². The van der Waals surface area contributed by atoms with Crippen LogP contribution in [0.15, 0.2) is 30.5 Å². The van der Waals surface area contributed by atoms with E-state index in [4.69, 9.17) is 0 Å². The van der Waals surface area contributed by atoms with Crippen LogP contribution in [0.25, 0.3) is 0 Å². The molecule has 3 rings (SSSR count). The topological polar surface area (TPSA) is 58.1 Å². The van der Waals surface area contributed by atoms with Gasteiger partial charge in [0.15, 0.2) is 0 Å². The fourth-order valence-corrected chi connectivity index (χ4v) is 2.86. The monoisotopic (exact) mass is 300 g/mol. The van der Waals surface area contributed by atoms with Gasteiger partial charge in [0, 0.05) is 12.1 Å². The van der Waals surface area contributed by atoms with Crippen molar-refractivity contribution >= 4 is 11.7 Å². The molecule has 2 amide bonds. The molecular weight excluding hydrogens is 283 g/mol. The zero-order valence-corrected chi connectivity index (χ0v) is 12.5. The molecule has 0 bridgehead atoms. The Kier molecular flexibility index (Phi) is 3.75. The number of aromatic nitrogens is 2. The number of anilines is 1. The van der Waals surface area contributed by atoms with Crippen LogP contribution >= 0.6 is 0 Å². The quantitative estimate of drug-likeness (QED) is 0.880. The average molecular weight is 300 g/mol. The van der Waals surface area contributed by atoms with Crippen LogP contribution in [0.1, 0.15) is 29.8 Å². The lowest BCUT2D eigenvalue weighted by atomic mass is 9.93. The molecule has 6 heteroatoms. The number of hydrogen-bond acceptors (Lipinski definition) is 3. The maximum absolute atomic E-state index is 14.1. The van der Waals surface area contributed by atoms with Gasteiger partial charge in [-0.25, -0.2) is 9.18 Å². The van der Waals surface area contributed by atoms with Crippen LogP contribution in [-0.4, -0.2) is 27.7 Å². The molecule has 1 aromatic carbocycles. The number of benzene rings is 1. The molecule has 0 spiro atoms. The van der Waals surface area contributed by atoms with Crippen molar-refractivity contribution in [2.75, 3.05) is 11.9 Å². The van der Waals surface area contributed by atoms with Gasteiger partial charge in [-0.1, -0.05) is 12.1 Å². The molecule has 5 nitrogen and oxygen atoms in total. The second-order valence-electron chi connectivity index (χ2n) is 5.39. The fraction of sp³-hybridized carbons (Fsp3) is 0.312. The van der Waals surface area contributed by atoms with Crippen LogP contribution in [0.5, 0.6) is 0 Å². The van der Waals surface area contributed by atoms with Gasteiger partial charge in [-0.05, 0) is 38.0 Å². The molecule has 22 heavy (non-hydrogen) atoms. The zero-order chi connectivity index (χ0) is 15.7. The minimum Gasteiger partial charge on any atom is -0.317 e. The summed E-state index contributed by atoms with van der Waals surface area (Å²) in [5, 5.41) is 10.5. The number of amides is 2. The first-order valence-corrected chi connectivity index (χ1v) is 7.21. The summed E-state index contributed by atoms with van der Waals surface area (Å²) in [7, 11) is 0. The molecule has 0 saturated carbocycles. The fourth-order valence-electron chi connectivity index (χ4n) is 2.86. The molecule has 1 atom stereocenters. The van der Waals surface area contributed by atoms with Crippen molar-refractivity contribution in [3.8, 4) is 0 Å². The highest BCUT2D eigenvalue weighted by atomic mass is 19.1. The van der Waals surface area contributed by atoms with E-state index in [2.05, 4.69) is 15.5 Å². The largest absolute Gasteiger partial charge is 0.322 e. The van der Waals surface area contributed by atoms with E-state index < -0.39 is 0 Å². The number of hydrogen-bond donors (Lipinski definition) is 1. The van der Waals surface area contributed by atoms with Gasteiger partial charge in [-0.2, -0.15) is 10.2 Å². The smallest absolute Gasteiger partial charge is 0.317 e. The third-order valence-corrected chi connectivity index (χ3v) is 4.06.